The average Bonchev–Trinajstić information content (AvgIpc) is 2.36. The Morgan fingerprint density at radius 3 is 2.39 bits per heavy atom. The predicted octanol–water partition coefficient (Wildman–Crippen LogP) is -0.959. The molecule has 0 atom stereocenters. The van der Waals surface area contributed by atoms with E-state index >= 15 is 0 Å². The maximum absolute atomic E-state index is 12.0. The van der Waals surface area contributed by atoms with Gasteiger partial charge in [0.1, 0.15) is 0 Å². The summed E-state index contributed by atoms with van der Waals surface area (Å²) in [7, 11) is 1.41. The van der Waals surface area contributed by atoms with Gasteiger partial charge in [0, 0.05) is 32.2 Å². The largest absolute Gasteiger partial charge is 0.469 e. The van der Waals surface area contributed by atoms with Crippen LogP contribution in [0.1, 0.15) is 12.8 Å². The molecule has 18 heavy (non-hydrogen) atoms. The van der Waals surface area contributed by atoms with Crippen molar-refractivity contribution in [2.45, 2.75) is 18.9 Å². The van der Waals surface area contributed by atoms with E-state index in [0.29, 0.717) is 32.5 Å². The number of esters is 1. The monoisotopic (exact) mass is 255 g/mol. The van der Waals surface area contributed by atoms with Gasteiger partial charge in [-0.3, -0.25) is 14.5 Å². The number of ether oxygens (including phenoxy) is 1. The number of carbonyl (C=O) groups excluding carboxylic acids is 2. The van der Waals surface area contributed by atoms with Crippen molar-refractivity contribution in [1.29, 1.82) is 0 Å². The number of hydrogen-bond acceptors (Lipinski definition) is 5. The van der Waals surface area contributed by atoms with Crippen LogP contribution in [0.15, 0.2) is 0 Å². The lowest BCUT2D eigenvalue weighted by Crippen LogP contribution is -2.58. The highest BCUT2D eigenvalue weighted by molar-refractivity contribution is 5.79. The van der Waals surface area contributed by atoms with E-state index in [9.17, 15) is 9.59 Å². The van der Waals surface area contributed by atoms with Crippen LogP contribution in [0.5, 0.6) is 0 Å². The van der Waals surface area contributed by atoms with Crippen LogP contribution in [0.2, 0.25) is 0 Å². The molecule has 0 unspecified atom stereocenters. The Morgan fingerprint density at radius 1 is 1.28 bits per heavy atom. The zero-order valence-corrected chi connectivity index (χ0v) is 10.8. The Hall–Kier alpha value is -1.14. The third-order valence-electron chi connectivity index (χ3n) is 3.73. The molecular weight excluding hydrogens is 234 g/mol. The highest BCUT2D eigenvalue weighted by atomic mass is 16.5. The molecule has 2 N–H and O–H groups in total. The van der Waals surface area contributed by atoms with Crippen molar-refractivity contribution < 1.29 is 14.3 Å². The Labute approximate surface area is 107 Å². The second kappa shape index (κ2) is 5.67. The highest BCUT2D eigenvalue weighted by Gasteiger charge is 2.30. The van der Waals surface area contributed by atoms with E-state index in [-0.39, 0.29) is 23.8 Å². The van der Waals surface area contributed by atoms with Gasteiger partial charge in [-0.1, -0.05) is 0 Å². The second-order valence-corrected chi connectivity index (χ2v) is 5.13. The zero-order chi connectivity index (χ0) is 13.1. The molecule has 0 radical (unpaired) electrons. The summed E-state index contributed by atoms with van der Waals surface area (Å²) in [4.78, 5) is 27.2. The third kappa shape index (κ3) is 3.00. The molecule has 0 spiro atoms. The summed E-state index contributed by atoms with van der Waals surface area (Å²) in [6.07, 6.45) is 1.41. The Bertz CT molecular complexity index is 321. The molecule has 0 aliphatic carbocycles. The predicted molar refractivity (Wildman–Crippen MR) is 65.7 cm³/mol. The van der Waals surface area contributed by atoms with Crippen molar-refractivity contribution in [3.63, 3.8) is 0 Å². The smallest absolute Gasteiger partial charge is 0.308 e. The summed E-state index contributed by atoms with van der Waals surface area (Å²) in [5.74, 6) is -0.0579. The normalized spacial score (nSPS) is 22.7. The molecule has 2 heterocycles. The zero-order valence-electron chi connectivity index (χ0n) is 10.8. The van der Waals surface area contributed by atoms with Gasteiger partial charge in [0.25, 0.3) is 0 Å². The van der Waals surface area contributed by atoms with E-state index in [0.717, 1.165) is 13.1 Å². The van der Waals surface area contributed by atoms with Gasteiger partial charge in [-0.2, -0.15) is 0 Å². The lowest BCUT2D eigenvalue weighted by atomic mass is 9.97. The summed E-state index contributed by atoms with van der Waals surface area (Å²) in [6.45, 7) is 3.38. The summed E-state index contributed by atoms with van der Waals surface area (Å²) in [5.41, 5.74) is 5.67. The molecule has 2 saturated heterocycles. The molecule has 0 bridgehead atoms. The van der Waals surface area contributed by atoms with Gasteiger partial charge >= 0.3 is 5.97 Å². The molecule has 2 aliphatic rings. The average molecular weight is 255 g/mol. The first-order valence-corrected chi connectivity index (χ1v) is 6.43. The van der Waals surface area contributed by atoms with E-state index in [1.54, 1.807) is 0 Å². The fraction of sp³-hybridized carbons (Fsp3) is 0.833. The molecule has 6 heteroatoms. The van der Waals surface area contributed by atoms with Gasteiger partial charge in [-0.15, -0.1) is 0 Å². The maximum Gasteiger partial charge on any atom is 0.308 e. The molecule has 1 amide bonds. The van der Waals surface area contributed by atoms with E-state index in [4.69, 9.17) is 10.5 Å². The van der Waals surface area contributed by atoms with Gasteiger partial charge in [0.2, 0.25) is 5.91 Å². The number of nitrogens with two attached hydrogens (primary N) is 1. The minimum atomic E-state index is -0.157. The molecule has 0 saturated carbocycles. The summed E-state index contributed by atoms with van der Waals surface area (Å²) >= 11 is 0. The molecule has 6 nitrogen and oxygen atoms in total. The second-order valence-electron chi connectivity index (χ2n) is 5.13. The Balaban J connectivity index is 1.72. The van der Waals surface area contributed by atoms with E-state index in [2.05, 4.69) is 4.90 Å². The van der Waals surface area contributed by atoms with Crippen molar-refractivity contribution in [1.82, 2.24) is 9.80 Å². The lowest BCUT2D eigenvalue weighted by Gasteiger charge is -2.38. The lowest BCUT2D eigenvalue weighted by molar-refractivity contribution is -0.149. The van der Waals surface area contributed by atoms with Crippen LogP contribution in [-0.4, -0.2) is 67.6 Å². The van der Waals surface area contributed by atoms with Crippen molar-refractivity contribution in [3.8, 4) is 0 Å². The number of piperidine rings is 1. The molecule has 102 valence electrons. The minimum Gasteiger partial charge on any atom is -0.469 e. The molecule has 2 fully saturated rings. The maximum atomic E-state index is 12.0. The van der Waals surface area contributed by atoms with Crippen LogP contribution < -0.4 is 5.73 Å². The van der Waals surface area contributed by atoms with Crippen LogP contribution in [0.4, 0.5) is 0 Å². The van der Waals surface area contributed by atoms with Crippen LogP contribution in [0, 0.1) is 5.92 Å². The summed E-state index contributed by atoms with van der Waals surface area (Å²) in [5, 5.41) is 0. The Kier molecular flexibility index (Phi) is 4.19. The summed E-state index contributed by atoms with van der Waals surface area (Å²) < 4.78 is 4.72. The quantitative estimate of drug-likeness (QED) is 0.657. The highest BCUT2D eigenvalue weighted by Crippen LogP contribution is 2.19. The SMILES string of the molecule is COC(=O)C1CCN(C(=O)CN2CC(N)C2)CC1. The van der Waals surface area contributed by atoms with Gasteiger partial charge < -0.3 is 15.4 Å². The van der Waals surface area contributed by atoms with E-state index < -0.39 is 0 Å². The van der Waals surface area contributed by atoms with Gasteiger partial charge in [-0.25, -0.2) is 0 Å². The first-order valence-electron chi connectivity index (χ1n) is 6.43. The summed E-state index contributed by atoms with van der Waals surface area (Å²) in [6, 6.07) is 0.225. The molecule has 2 aliphatic heterocycles. The van der Waals surface area contributed by atoms with Crippen molar-refractivity contribution in [3.05, 3.63) is 0 Å². The standard InChI is InChI=1S/C12H21N3O3/c1-18-12(17)9-2-4-15(5-3-9)11(16)8-14-6-10(13)7-14/h9-10H,2-8,13H2,1H3. The number of hydrogen-bond donors (Lipinski definition) is 1. The number of amides is 1. The molecule has 0 aromatic rings. The topological polar surface area (TPSA) is 75.9 Å². The van der Waals surface area contributed by atoms with Gasteiger partial charge in [0.05, 0.1) is 19.6 Å². The number of nitrogens with zero attached hydrogens (tertiary/aromatic N) is 2. The van der Waals surface area contributed by atoms with Crippen molar-refractivity contribution in [2.75, 3.05) is 39.8 Å². The number of carbonyl (C=O) groups is 2. The molecule has 0 aromatic carbocycles. The van der Waals surface area contributed by atoms with Crippen molar-refractivity contribution in [2.24, 2.45) is 11.7 Å². The van der Waals surface area contributed by atoms with Crippen molar-refractivity contribution >= 4 is 11.9 Å². The first kappa shape index (κ1) is 13.3. The number of likely N-dealkylation sites (tertiary alicyclic amines) is 2. The minimum absolute atomic E-state index is 0.0449. The van der Waals surface area contributed by atoms with Crippen LogP contribution in [0.3, 0.4) is 0 Å². The fourth-order valence-corrected chi connectivity index (χ4v) is 2.56. The molecule has 0 aromatic heterocycles. The third-order valence-corrected chi connectivity index (χ3v) is 3.73. The Morgan fingerprint density at radius 2 is 1.89 bits per heavy atom. The van der Waals surface area contributed by atoms with Crippen LogP contribution in [-0.2, 0) is 14.3 Å². The van der Waals surface area contributed by atoms with E-state index in [1.807, 2.05) is 4.90 Å². The van der Waals surface area contributed by atoms with E-state index in [1.165, 1.54) is 7.11 Å². The first-order chi connectivity index (χ1) is 8.60. The van der Waals surface area contributed by atoms with Crippen LogP contribution >= 0.6 is 0 Å². The van der Waals surface area contributed by atoms with Crippen LogP contribution in [0.25, 0.3) is 0 Å². The molecular formula is C12H21N3O3. The number of methoxy groups -OCH3 is 1. The van der Waals surface area contributed by atoms with Gasteiger partial charge in [-0.05, 0) is 12.8 Å². The molecule has 2 rings (SSSR count). The number of rotatable bonds is 3. The van der Waals surface area contributed by atoms with Gasteiger partial charge in [0.15, 0.2) is 0 Å². The fourth-order valence-electron chi connectivity index (χ4n) is 2.56.